The van der Waals surface area contributed by atoms with E-state index in [1.807, 2.05) is 11.3 Å². The van der Waals surface area contributed by atoms with Gasteiger partial charge in [-0.1, -0.05) is 39.0 Å². The molecule has 2 heteroatoms. The smallest absolute Gasteiger partial charge is 0.0390 e. The van der Waals surface area contributed by atoms with Crippen molar-refractivity contribution in [3.05, 3.63) is 35.2 Å². The first kappa shape index (κ1) is 12.6. The van der Waals surface area contributed by atoms with E-state index in [1.54, 1.807) is 0 Å². The number of rotatable bonds is 3. The third-order valence-corrected chi connectivity index (χ3v) is 4.26. The molecule has 1 aromatic heterocycles. The monoisotopic (exact) mass is 247 g/mol. The lowest BCUT2D eigenvalue weighted by atomic mass is 9.88. The maximum atomic E-state index is 6.28. The summed E-state index contributed by atoms with van der Waals surface area (Å²) in [7, 11) is 0. The molecular weight excluding hydrogens is 226 g/mol. The minimum Gasteiger partial charge on any atom is -0.323 e. The molecule has 0 bridgehead atoms. The highest BCUT2D eigenvalue weighted by atomic mass is 32.1. The first-order valence-corrected chi connectivity index (χ1v) is 7.01. The van der Waals surface area contributed by atoms with Gasteiger partial charge in [-0.05, 0) is 35.8 Å². The van der Waals surface area contributed by atoms with Crippen LogP contribution in [-0.2, 0) is 0 Å². The van der Waals surface area contributed by atoms with Crippen molar-refractivity contribution in [2.45, 2.75) is 39.7 Å². The Morgan fingerprint density at radius 3 is 2.59 bits per heavy atom. The van der Waals surface area contributed by atoms with Crippen LogP contribution in [0.2, 0.25) is 0 Å². The maximum Gasteiger partial charge on any atom is 0.0390 e. The SMILES string of the molecule is CC(C)(C)CCC(N)c1cc2ccccc2s1. The molecule has 0 fully saturated rings. The van der Waals surface area contributed by atoms with Crippen LogP contribution >= 0.6 is 11.3 Å². The van der Waals surface area contributed by atoms with Gasteiger partial charge >= 0.3 is 0 Å². The van der Waals surface area contributed by atoms with Crippen LogP contribution < -0.4 is 5.73 Å². The van der Waals surface area contributed by atoms with Gasteiger partial charge in [-0.25, -0.2) is 0 Å². The largest absolute Gasteiger partial charge is 0.323 e. The molecule has 1 heterocycles. The standard InChI is InChI=1S/C15H21NS/c1-15(2,3)9-8-12(16)14-10-11-6-4-5-7-13(11)17-14/h4-7,10,12H,8-9,16H2,1-3H3. The summed E-state index contributed by atoms with van der Waals surface area (Å²) in [6, 6.07) is 10.9. The lowest BCUT2D eigenvalue weighted by molar-refractivity contribution is 0.351. The number of fused-ring (bicyclic) bond motifs is 1. The minimum absolute atomic E-state index is 0.187. The molecule has 0 aliphatic carbocycles. The normalized spacial score (nSPS) is 14.1. The van der Waals surface area contributed by atoms with Gasteiger partial charge in [-0.15, -0.1) is 11.3 Å². The van der Waals surface area contributed by atoms with Gasteiger partial charge < -0.3 is 5.73 Å². The Bertz CT molecular complexity index is 460. The van der Waals surface area contributed by atoms with E-state index < -0.39 is 0 Å². The topological polar surface area (TPSA) is 26.0 Å². The molecule has 0 aliphatic rings. The molecule has 0 saturated carbocycles. The van der Waals surface area contributed by atoms with Crippen LogP contribution in [0.1, 0.15) is 44.5 Å². The van der Waals surface area contributed by atoms with E-state index in [1.165, 1.54) is 21.4 Å². The first-order chi connectivity index (χ1) is 7.96. The van der Waals surface area contributed by atoms with Crippen molar-refractivity contribution in [2.24, 2.45) is 11.1 Å². The molecule has 1 nitrogen and oxygen atoms in total. The summed E-state index contributed by atoms with van der Waals surface area (Å²) in [6.45, 7) is 6.81. The Morgan fingerprint density at radius 1 is 1.24 bits per heavy atom. The van der Waals surface area contributed by atoms with Crippen LogP contribution in [0.5, 0.6) is 0 Å². The predicted octanol–water partition coefficient (Wildman–Crippen LogP) is 4.73. The molecule has 2 N–H and O–H groups in total. The zero-order valence-corrected chi connectivity index (χ0v) is 11.7. The summed E-state index contributed by atoms with van der Waals surface area (Å²) in [4.78, 5) is 1.32. The van der Waals surface area contributed by atoms with E-state index in [2.05, 4.69) is 51.1 Å². The van der Waals surface area contributed by atoms with Crippen LogP contribution in [0.3, 0.4) is 0 Å². The third kappa shape index (κ3) is 3.30. The van der Waals surface area contributed by atoms with Crippen molar-refractivity contribution in [3.63, 3.8) is 0 Å². The lowest BCUT2D eigenvalue weighted by Crippen LogP contribution is -2.13. The number of thiophene rings is 1. The van der Waals surface area contributed by atoms with Crippen LogP contribution in [0.4, 0.5) is 0 Å². The molecule has 0 saturated heterocycles. The summed E-state index contributed by atoms with van der Waals surface area (Å²) < 4.78 is 1.34. The average molecular weight is 247 g/mol. The molecule has 0 amide bonds. The summed E-state index contributed by atoms with van der Waals surface area (Å²) in [5, 5.41) is 1.32. The van der Waals surface area contributed by atoms with Crippen LogP contribution in [-0.4, -0.2) is 0 Å². The van der Waals surface area contributed by atoms with Gasteiger partial charge in [0.2, 0.25) is 0 Å². The third-order valence-electron chi connectivity index (χ3n) is 3.02. The molecule has 92 valence electrons. The quantitative estimate of drug-likeness (QED) is 0.834. The molecule has 2 rings (SSSR count). The second kappa shape index (κ2) is 4.79. The van der Waals surface area contributed by atoms with Gasteiger partial charge in [0.1, 0.15) is 0 Å². The fraction of sp³-hybridized carbons (Fsp3) is 0.467. The number of hydrogen-bond acceptors (Lipinski definition) is 2. The van der Waals surface area contributed by atoms with Gasteiger partial charge in [0.15, 0.2) is 0 Å². The van der Waals surface area contributed by atoms with Crippen molar-refractivity contribution >= 4 is 21.4 Å². The molecule has 1 aromatic carbocycles. The highest BCUT2D eigenvalue weighted by Crippen LogP contribution is 2.32. The number of hydrogen-bond donors (Lipinski definition) is 1. The summed E-state index contributed by atoms with van der Waals surface area (Å²) >= 11 is 1.83. The molecule has 0 radical (unpaired) electrons. The lowest BCUT2D eigenvalue weighted by Gasteiger charge is -2.20. The molecule has 0 aliphatic heterocycles. The van der Waals surface area contributed by atoms with Crippen molar-refractivity contribution in [2.75, 3.05) is 0 Å². The van der Waals surface area contributed by atoms with Crippen molar-refractivity contribution in [1.29, 1.82) is 0 Å². The zero-order chi connectivity index (χ0) is 12.5. The first-order valence-electron chi connectivity index (χ1n) is 6.20. The molecule has 2 aromatic rings. The van der Waals surface area contributed by atoms with E-state index in [-0.39, 0.29) is 6.04 Å². The van der Waals surface area contributed by atoms with Crippen LogP contribution in [0.15, 0.2) is 30.3 Å². The highest BCUT2D eigenvalue weighted by Gasteiger charge is 2.15. The summed E-state index contributed by atoms with van der Waals surface area (Å²) in [5.41, 5.74) is 6.65. The maximum absolute atomic E-state index is 6.28. The summed E-state index contributed by atoms with van der Waals surface area (Å²) in [6.07, 6.45) is 2.23. The van der Waals surface area contributed by atoms with E-state index in [0.29, 0.717) is 5.41 Å². The Labute approximate surface area is 108 Å². The van der Waals surface area contributed by atoms with E-state index >= 15 is 0 Å². The fourth-order valence-electron chi connectivity index (χ4n) is 1.92. The zero-order valence-electron chi connectivity index (χ0n) is 10.9. The van der Waals surface area contributed by atoms with Crippen molar-refractivity contribution in [3.8, 4) is 0 Å². The van der Waals surface area contributed by atoms with E-state index in [9.17, 15) is 0 Å². The fourth-order valence-corrected chi connectivity index (χ4v) is 3.02. The van der Waals surface area contributed by atoms with Crippen molar-refractivity contribution in [1.82, 2.24) is 0 Å². The Balaban J connectivity index is 2.11. The van der Waals surface area contributed by atoms with Gasteiger partial charge in [0.05, 0.1) is 0 Å². The molecule has 17 heavy (non-hydrogen) atoms. The Hall–Kier alpha value is -0.860. The highest BCUT2D eigenvalue weighted by molar-refractivity contribution is 7.19. The molecule has 1 unspecified atom stereocenters. The average Bonchev–Trinajstić information content (AvgIpc) is 2.68. The predicted molar refractivity (Wildman–Crippen MR) is 77.4 cm³/mol. The second-order valence-electron chi connectivity index (χ2n) is 5.89. The molecule has 0 spiro atoms. The Kier molecular flexibility index (Phi) is 3.55. The van der Waals surface area contributed by atoms with E-state index in [4.69, 9.17) is 5.73 Å². The number of benzene rings is 1. The molecular formula is C15H21NS. The second-order valence-corrected chi connectivity index (χ2v) is 7.01. The van der Waals surface area contributed by atoms with Gasteiger partial charge in [-0.2, -0.15) is 0 Å². The number of nitrogens with two attached hydrogens (primary N) is 1. The molecule has 1 atom stereocenters. The summed E-state index contributed by atoms with van der Waals surface area (Å²) in [5.74, 6) is 0. The van der Waals surface area contributed by atoms with Crippen LogP contribution in [0.25, 0.3) is 10.1 Å². The van der Waals surface area contributed by atoms with E-state index in [0.717, 1.165) is 6.42 Å². The Morgan fingerprint density at radius 2 is 1.94 bits per heavy atom. The van der Waals surface area contributed by atoms with Gasteiger partial charge in [-0.3, -0.25) is 0 Å². The van der Waals surface area contributed by atoms with Gasteiger partial charge in [0.25, 0.3) is 0 Å². The van der Waals surface area contributed by atoms with Crippen molar-refractivity contribution < 1.29 is 0 Å². The van der Waals surface area contributed by atoms with Crippen LogP contribution in [0, 0.1) is 5.41 Å². The minimum atomic E-state index is 0.187. The van der Waals surface area contributed by atoms with Gasteiger partial charge in [0, 0.05) is 15.6 Å².